The summed E-state index contributed by atoms with van der Waals surface area (Å²) in [5, 5.41) is 18.5. The van der Waals surface area contributed by atoms with Crippen LogP contribution in [0.25, 0.3) is 0 Å². The fourth-order valence-corrected chi connectivity index (χ4v) is 3.35. The molecule has 2 rings (SSSR count). The SMILES string of the molecule is CC1CCC(C(C)C)C(OCc2cccc(B(O)O)c2)C1. The zero-order chi connectivity index (χ0) is 15.4. The van der Waals surface area contributed by atoms with Gasteiger partial charge in [-0.2, -0.15) is 0 Å². The van der Waals surface area contributed by atoms with Gasteiger partial charge in [0.25, 0.3) is 0 Å². The van der Waals surface area contributed by atoms with Gasteiger partial charge in [-0.05, 0) is 41.6 Å². The van der Waals surface area contributed by atoms with E-state index in [-0.39, 0.29) is 0 Å². The standard InChI is InChI=1S/C17H27BO3/c1-12(2)16-8-7-13(3)9-17(16)21-11-14-5-4-6-15(10-14)18(19)20/h4-6,10,12-13,16-17,19-20H,7-9,11H2,1-3H3. The minimum Gasteiger partial charge on any atom is -0.423 e. The third-order valence-corrected chi connectivity index (χ3v) is 4.67. The molecule has 0 heterocycles. The predicted octanol–water partition coefficient (Wildman–Crippen LogP) is 2.34. The molecule has 0 spiro atoms. The maximum atomic E-state index is 9.23. The molecule has 116 valence electrons. The number of hydrogen-bond donors (Lipinski definition) is 2. The molecule has 0 aromatic heterocycles. The Morgan fingerprint density at radius 1 is 1.29 bits per heavy atom. The normalized spacial score (nSPS) is 26.1. The van der Waals surface area contributed by atoms with Crippen LogP contribution in [0.4, 0.5) is 0 Å². The highest BCUT2D eigenvalue weighted by atomic mass is 16.5. The van der Waals surface area contributed by atoms with Gasteiger partial charge in [-0.15, -0.1) is 0 Å². The van der Waals surface area contributed by atoms with E-state index in [1.165, 1.54) is 12.8 Å². The van der Waals surface area contributed by atoms with Gasteiger partial charge in [0.1, 0.15) is 0 Å². The lowest BCUT2D eigenvalue weighted by atomic mass is 9.75. The van der Waals surface area contributed by atoms with Crippen molar-refractivity contribution in [2.45, 2.75) is 52.7 Å². The summed E-state index contributed by atoms with van der Waals surface area (Å²) < 4.78 is 6.18. The third-order valence-electron chi connectivity index (χ3n) is 4.67. The van der Waals surface area contributed by atoms with E-state index in [0.29, 0.717) is 30.0 Å². The Kier molecular flexibility index (Phi) is 5.85. The maximum absolute atomic E-state index is 9.23. The van der Waals surface area contributed by atoms with Crippen molar-refractivity contribution in [2.24, 2.45) is 17.8 Å². The lowest BCUT2D eigenvalue weighted by Crippen LogP contribution is -2.34. The van der Waals surface area contributed by atoms with Gasteiger partial charge >= 0.3 is 7.12 Å². The second-order valence-electron chi connectivity index (χ2n) is 6.79. The highest BCUT2D eigenvalue weighted by Crippen LogP contribution is 2.35. The smallest absolute Gasteiger partial charge is 0.423 e. The largest absolute Gasteiger partial charge is 0.488 e. The van der Waals surface area contributed by atoms with Crippen molar-refractivity contribution in [1.82, 2.24) is 0 Å². The van der Waals surface area contributed by atoms with E-state index in [4.69, 9.17) is 4.74 Å². The average molecular weight is 290 g/mol. The fraction of sp³-hybridized carbons (Fsp3) is 0.647. The minimum atomic E-state index is -1.41. The van der Waals surface area contributed by atoms with Crippen molar-refractivity contribution in [1.29, 1.82) is 0 Å². The molecule has 1 aromatic carbocycles. The van der Waals surface area contributed by atoms with Crippen LogP contribution in [0.1, 0.15) is 45.6 Å². The van der Waals surface area contributed by atoms with Gasteiger partial charge in [-0.3, -0.25) is 0 Å². The summed E-state index contributed by atoms with van der Waals surface area (Å²) in [6.07, 6.45) is 4.00. The summed E-state index contributed by atoms with van der Waals surface area (Å²) in [6.45, 7) is 7.40. The van der Waals surface area contributed by atoms with Crippen LogP contribution in [0.5, 0.6) is 0 Å². The van der Waals surface area contributed by atoms with Crippen LogP contribution in [-0.2, 0) is 11.3 Å². The Bertz CT molecular complexity index is 447. The molecule has 4 heteroatoms. The van der Waals surface area contributed by atoms with Gasteiger partial charge < -0.3 is 14.8 Å². The summed E-state index contributed by atoms with van der Waals surface area (Å²) in [5.74, 6) is 2.01. The van der Waals surface area contributed by atoms with Crippen LogP contribution >= 0.6 is 0 Å². The van der Waals surface area contributed by atoms with Crippen molar-refractivity contribution in [2.75, 3.05) is 0 Å². The first kappa shape index (κ1) is 16.5. The van der Waals surface area contributed by atoms with Gasteiger partial charge in [0.15, 0.2) is 0 Å². The van der Waals surface area contributed by atoms with Crippen LogP contribution in [-0.4, -0.2) is 23.3 Å². The minimum absolute atomic E-state index is 0.316. The molecule has 2 N–H and O–H groups in total. The molecule has 3 nitrogen and oxygen atoms in total. The monoisotopic (exact) mass is 290 g/mol. The molecular weight excluding hydrogens is 263 g/mol. The first-order valence-corrected chi connectivity index (χ1v) is 8.04. The van der Waals surface area contributed by atoms with Crippen LogP contribution < -0.4 is 5.46 Å². The van der Waals surface area contributed by atoms with Crippen molar-refractivity contribution in [3.63, 3.8) is 0 Å². The summed E-state index contributed by atoms with van der Waals surface area (Å²) in [5.41, 5.74) is 1.52. The Hall–Kier alpha value is -0.835. The molecule has 0 radical (unpaired) electrons. The van der Waals surface area contributed by atoms with Gasteiger partial charge in [-0.25, -0.2) is 0 Å². The van der Waals surface area contributed by atoms with Crippen LogP contribution in [0.2, 0.25) is 0 Å². The molecule has 1 aromatic rings. The molecule has 0 bridgehead atoms. The fourth-order valence-electron chi connectivity index (χ4n) is 3.35. The maximum Gasteiger partial charge on any atom is 0.488 e. The number of ether oxygens (including phenoxy) is 1. The molecule has 3 atom stereocenters. The van der Waals surface area contributed by atoms with Crippen LogP contribution in [0, 0.1) is 17.8 Å². The summed E-state index contributed by atoms with van der Waals surface area (Å²) in [6, 6.07) is 7.34. The Labute approximate surface area is 128 Å². The van der Waals surface area contributed by atoms with Crippen LogP contribution in [0.3, 0.4) is 0 Å². The molecule has 1 aliphatic rings. The van der Waals surface area contributed by atoms with E-state index < -0.39 is 7.12 Å². The number of hydrogen-bond acceptors (Lipinski definition) is 3. The van der Waals surface area contributed by atoms with E-state index in [9.17, 15) is 10.0 Å². The molecule has 3 unspecified atom stereocenters. The average Bonchev–Trinajstić information content (AvgIpc) is 2.45. The molecule has 0 saturated heterocycles. The topological polar surface area (TPSA) is 49.7 Å². The van der Waals surface area contributed by atoms with E-state index in [2.05, 4.69) is 20.8 Å². The highest BCUT2D eigenvalue weighted by molar-refractivity contribution is 6.58. The molecule has 1 fully saturated rings. The highest BCUT2D eigenvalue weighted by Gasteiger charge is 2.31. The zero-order valence-corrected chi connectivity index (χ0v) is 13.3. The van der Waals surface area contributed by atoms with E-state index in [1.54, 1.807) is 12.1 Å². The molecule has 21 heavy (non-hydrogen) atoms. The zero-order valence-electron chi connectivity index (χ0n) is 13.3. The molecule has 1 saturated carbocycles. The second kappa shape index (κ2) is 7.43. The lowest BCUT2D eigenvalue weighted by molar-refractivity contribution is -0.0472. The van der Waals surface area contributed by atoms with Gasteiger partial charge in [0, 0.05) is 0 Å². The molecule has 1 aliphatic carbocycles. The van der Waals surface area contributed by atoms with Gasteiger partial charge in [-0.1, -0.05) is 51.5 Å². The van der Waals surface area contributed by atoms with Gasteiger partial charge in [0.05, 0.1) is 12.7 Å². The third kappa shape index (κ3) is 4.57. The van der Waals surface area contributed by atoms with E-state index >= 15 is 0 Å². The lowest BCUT2D eigenvalue weighted by Gasteiger charge is -2.37. The van der Waals surface area contributed by atoms with Crippen LogP contribution in [0.15, 0.2) is 24.3 Å². The molecule has 0 aliphatic heterocycles. The quantitative estimate of drug-likeness (QED) is 0.818. The van der Waals surface area contributed by atoms with Crippen molar-refractivity contribution in [3.8, 4) is 0 Å². The van der Waals surface area contributed by atoms with Crippen molar-refractivity contribution >= 4 is 12.6 Å². The number of benzene rings is 1. The second-order valence-corrected chi connectivity index (χ2v) is 6.79. The van der Waals surface area contributed by atoms with Gasteiger partial charge in [0.2, 0.25) is 0 Å². The Morgan fingerprint density at radius 3 is 2.71 bits per heavy atom. The van der Waals surface area contributed by atoms with E-state index in [0.717, 1.165) is 17.9 Å². The molecular formula is C17H27BO3. The summed E-state index contributed by atoms with van der Waals surface area (Å²) >= 11 is 0. The molecule has 0 amide bonds. The predicted molar refractivity (Wildman–Crippen MR) is 86.2 cm³/mol. The Balaban J connectivity index is 1.98. The Morgan fingerprint density at radius 2 is 2.05 bits per heavy atom. The summed E-state index contributed by atoms with van der Waals surface area (Å²) in [4.78, 5) is 0. The first-order chi connectivity index (χ1) is 9.97. The van der Waals surface area contributed by atoms with E-state index in [1.807, 2.05) is 12.1 Å². The number of rotatable bonds is 5. The first-order valence-electron chi connectivity index (χ1n) is 8.04. The van der Waals surface area contributed by atoms with Crippen molar-refractivity contribution in [3.05, 3.63) is 29.8 Å². The summed E-state index contributed by atoms with van der Waals surface area (Å²) in [7, 11) is -1.41. The van der Waals surface area contributed by atoms with Crippen molar-refractivity contribution < 1.29 is 14.8 Å².